The van der Waals surface area contributed by atoms with Gasteiger partial charge in [0.05, 0.1) is 30.2 Å². The molecule has 3 heterocycles. The molecule has 1 amide bonds. The van der Waals surface area contributed by atoms with Gasteiger partial charge in [-0.3, -0.25) is 14.5 Å². The lowest BCUT2D eigenvalue weighted by Gasteiger charge is -2.25. The summed E-state index contributed by atoms with van der Waals surface area (Å²) in [5.74, 6) is 1.20. The number of nitrogens with zero attached hydrogens (tertiary/aromatic N) is 2. The van der Waals surface area contributed by atoms with Crippen LogP contribution < -0.4 is 19.8 Å². The third-order valence-electron chi connectivity index (χ3n) is 6.00. The molecular formula is C28H25BrN2O5. The van der Waals surface area contributed by atoms with E-state index in [0.29, 0.717) is 47.1 Å². The minimum Gasteiger partial charge on any atom is -0.490 e. The van der Waals surface area contributed by atoms with Crippen molar-refractivity contribution in [1.29, 1.82) is 0 Å². The van der Waals surface area contributed by atoms with E-state index >= 15 is 0 Å². The quantitative estimate of drug-likeness (QED) is 0.273. The van der Waals surface area contributed by atoms with Gasteiger partial charge in [0, 0.05) is 10.2 Å². The Morgan fingerprint density at radius 1 is 1.03 bits per heavy atom. The Labute approximate surface area is 216 Å². The van der Waals surface area contributed by atoms with Crippen LogP contribution in [0.5, 0.6) is 11.5 Å². The molecule has 0 bridgehead atoms. The first kappa shape index (κ1) is 24.1. The van der Waals surface area contributed by atoms with Crippen molar-refractivity contribution in [2.45, 2.75) is 33.2 Å². The Morgan fingerprint density at radius 3 is 2.61 bits per heavy atom. The highest BCUT2D eigenvalue weighted by atomic mass is 79.9. The zero-order valence-electron chi connectivity index (χ0n) is 20.2. The molecule has 0 saturated carbocycles. The highest BCUT2D eigenvalue weighted by Gasteiger charge is 2.44. The predicted molar refractivity (Wildman–Crippen MR) is 141 cm³/mol. The van der Waals surface area contributed by atoms with E-state index in [1.807, 2.05) is 51.1 Å². The lowest BCUT2D eigenvalue weighted by atomic mass is 9.98. The molecule has 7 nitrogen and oxygen atoms in total. The number of ether oxygens (including phenoxy) is 2. The van der Waals surface area contributed by atoms with Gasteiger partial charge in [-0.25, -0.2) is 4.98 Å². The van der Waals surface area contributed by atoms with Crippen molar-refractivity contribution in [1.82, 2.24) is 4.98 Å². The van der Waals surface area contributed by atoms with Gasteiger partial charge in [0.2, 0.25) is 5.76 Å². The molecule has 1 atom stereocenters. The number of hydrogen-bond acceptors (Lipinski definition) is 6. The number of aromatic nitrogens is 1. The molecule has 0 saturated heterocycles. The molecule has 0 fully saturated rings. The lowest BCUT2D eigenvalue weighted by Crippen LogP contribution is -2.30. The van der Waals surface area contributed by atoms with Crippen molar-refractivity contribution in [3.8, 4) is 11.5 Å². The molecule has 0 radical (unpaired) electrons. The molecule has 4 aromatic rings. The van der Waals surface area contributed by atoms with E-state index < -0.39 is 11.9 Å². The summed E-state index contributed by atoms with van der Waals surface area (Å²) in [5, 5.41) is 0.396. The fourth-order valence-corrected chi connectivity index (χ4v) is 4.82. The maximum Gasteiger partial charge on any atom is 0.296 e. The van der Waals surface area contributed by atoms with Gasteiger partial charge >= 0.3 is 0 Å². The second-order valence-electron chi connectivity index (χ2n) is 8.52. The number of rotatable bonds is 7. The molecule has 0 spiro atoms. The van der Waals surface area contributed by atoms with Crippen LogP contribution in [0.3, 0.4) is 0 Å². The van der Waals surface area contributed by atoms with Crippen LogP contribution in [0.4, 0.5) is 5.82 Å². The summed E-state index contributed by atoms with van der Waals surface area (Å²) >= 11 is 3.43. The summed E-state index contributed by atoms with van der Waals surface area (Å²) in [4.78, 5) is 33.7. The van der Waals surface area contributed by atoms with Crippen molar-refractivity contribution in [3.63, 3.8) is 0 Å². The second-order valence-corrected chi connectivity index (χ2v) is 9.43. The first-order chi connectivity index (χ1) is 17.4. The Kier molecular flexibility index (Phi) is 6.53. The number of carbonyl (C=O) groups is 1. The van der Waals surface area contributed by atoms with Gasteiger partial charge in [-0.2, -0.15) is 0 Å². The molecule has 0 N–H and O–H groups in total. The standard InChI is InChI=1S/C28H25BrN2O5/c1-4-13-35-21-11-9-17(14-22(21)34-5-2)25-24-26(32)19-15-18(29)10-12-20(19)36-27(24)28(33)31(25)23-8-6-7-16(3)30-23/h6-12,14-15,25H,4-5,13H2,1-3H3. The van der Waals surface area contributed by atoms with Crippen LogP contribution in [0.15, 0.2) is 68.3 Å². The molecule has 2 aromatic heterocycles. The van der Waals surface area contributed by atoms with Crippen LogP contribution in [0, 0.1) is 6.92 Å². The molecule has 1 aliphatic heterocycles. The van der Waals surface area contributed by atoms with Crippen LogP contribution in [0.1, 0.15) is 53.7 Å². The normalized spacial score (nSPS) is 14.8. The first-order valence-corrected chi connectivity index (χ1v) is 12.6. The minimum atomic E-state index is -0.749. The fourth-order valence-electron chi connectivity index (χ4n) is 4.45. The zero-order valence-corrected chi connectivity index (χ0v) is 21.8. The van der Waals surface area contributed by atoms with E-state index in [9.17, 15) is 9.59 Å². The number of amides is 1. The van der Waals surface area contributed by atoms with Gasteiger partial charge in [-0.1, -0.05) is 35.0 Å². The highest BCUT2D eigenvalue weighted by Crippen LogP contribution is 2.43. The molecule has 2 aromatic carbocycles. The molecular weight excluding hydrogens is 524 g/mol. The summed E-state index contributed by atoms with van der Waals surface area (Å²) in [6.45, 7) is 6.77. The summed E-state index contributed by atoms with van der Waals surface area (Å²) in [5.41, 5.74) is 1.82. The average Bonchev–Trinajstić information content (AvgIpc) is 3.16. The number of aryl methyl sites for hydroxylation is 1. The Hall–Kier alpha value is -3.65. The number of pyridine rings is 1. The monoisotopic (exact) mass is 548 g/mol. The first-order valence-electron chi connectivity index (χ1n) is 11.9. The molecule has 0 aliphatic carbocycles. The van der Waals surface area contributed by atoms with Gasteiger partial charge in [0.15, 0.2) is 16.9 Å². The highest BCUT2D eigenvalue weighted by molar-refractivity contribution is 9.10. The Bertz CT molecular complexity index is 1530. The number of hydrogen-bond donors (Lipinski definition) is 0. The smallest absolute Gasteiger partial charge is 0.296 e. The summed E-state index contributed by atoms with van der Waals surface area (Å²) < 4.78 is 18.5. The van der Waals surface area contributed by atoms with Crippen molar-refractivity contribution in [3.05, 3.63) is 91.9 Å². The van der Waals surface area contributed by atoms with Crippen LogP contribution in [0.2, 0.25) is 0 Å². The van der Waals surface area contributed by atoms with Crippen molar-refractivity contribution in [2.75, 3.05) is 18.1 Å². The maximum absolute atomic E-state index is 13.8. The van der Waals surface area contributed by atoms with E-state index in [4.69, 9.17) is 13.9 Å². The summed E-state index contributed by atoms with van der Waals surface area (Å²) in [7, 11) is 0. The third kappa shape index (κ3) is 4.15. The van der Waals surface area contributed by atoms with Gasteiger partial charge in [-0.15, -0.1) is 0 Å². The van der Waals surface area contributed by atoms with Gasteiger partial charge in [-0.05, 0) is 68.3 Å². The van der Waals surface area contributed by atoms with Gasteiger partial charge in [0.1, 0.15) is 11.4 Å². The van der Waals surface area contributed by atoms with Crippen LogP contribution in [-0.2, 0) is 0 Å². The molecule has 1 aliphatic rings. The molecule has 1 unspecified atom stereocenters. The molecule has 184 valence electrons. The van der Waals surface area contributed by atoms with E-state index in [-0.39, 0.29) is 16.8 Å². The minimum absolute atomic E-state index is 0.0207. The molecule has 5 rings (SSSR count). The Balaban J connectivity index is 1.76. The van der Waals surface area contributed by atoms with Crippen LogP contribution in [-0.4, -0.2) is 24.1 Å². The fraction of sp³-hybridized carbons (Fsp3) is 0.250. The number of anilines is 1. The van der Waals surface area contributed by atoms with Crippen LogP contribution >= 0.6 is 15.9 Å². The van der Waals surface area contributed by atoms with Crippen molar-refractivity contribution in [2.24, 2.45) is 0 Å². The van der Waals surface area contributed by atoms with Crippen LogP contribution in [0.25, 0.3) is 11.0 Å². The second kappa shape index (κ2) is 9.78. The van der Waals surface area contributed by atoms with Gasteiger partial charge in [0.25, 0.3) is 5.91 Å². The van der Waals surface area contributed by atoms with E-state index in [0.717, 1.165) is 16.6 Å². The topological polar surface area (TPSA) is 81.9 Å². The zero-order chi connectivity index (χ0) is 25.4. The number of halogens is 1. The molecule has 36 heavy (non-hydrogen) atoms. The third-order valence-corrected chi connectivity index (χ3v) is 6.49. The largest absolute Gasteiger partial charge is 0.490 e. The molecule has 8 heteroatoms. The predicted octanol–water partition coefficient (Wildman–Crippen LogP) is 6.20. The van der Waals surface area contributed by atoms with Crippen molar-refractivity contribution >= 4 is 38.6 Å². The Morgan fingerprint density at radius 2 is 1.86 bits per heavy atom. The average molecular weight is 549 g/mol. The maximum atomic E-state index is 13.8. The van der Waals surface area contributed by atoms with E-state index in [2.05, 4.69) is 20.9 Å². The summed E-state index contributed by atoms with van der Waals surface area (Å²) in [6.07, 6.45) is 0.855. The van der Waals surface area contributed by atoms with E-state index in [1.54, 1.807) is 24.3 Å². The number of fused-ring (bicyclic) bond motifs is 2. The lowest BCUT2D eigenvalue weighted by molar-refractivity contribution is 0.0970. The van der Waals surface area contributed by atoms with E-state index in [1.165, 1.54) is 4.90 Å². The number of carbonyl (C=O) groups excluding carboxylic acids is 1. The van der Waals surface area contributed by atoms with Crippen molar-refractivity contribution < 1.29 is 18.7 Å². The summed E-state index contributed by atoms with van der Waals surface area (Å²) in [6, 6.07) is 15.4. The SMILES string of the molecule is CCCOc1ccc(C2c3c(oc4ccc(Br)cc4c3=O)C(=O)N2c2cccc(C)n2)cc1OCC. The number of benzene rings is 2. The van der Waals surface area contributed by atoms with Gasteiger partial charge < -0.3 is 13.9 Å².